The summed E-state index contributed by atoms with van der Waals surface area (Å²) in [5.74, 6) is 0. The van der Waals surface area contributed by atoms with Gasteiger partial charge in [0.05, 0.1) is 17.2 Å². The molecule has 0 aliphatic rings. The summed E-state index contributed by atoms with van der Waals surface area (Å²) in [4.78, 5) is 5.81. The van der Waals surface area contributed by atoms with E-state index in [2.05, 4.69) is 67.3 Å². The largest absolute Gasteiger partial charge is 0.380 e. The molecule has 0 saturated carbocycles. The standard InChI is InChI=1S/C15H13BrN2S2/c1-10-18-14(9-20-10)11-2-4-12(5-3-11)17-8-15-13(16)6-7-19-15/h2-7,9,17H,8H2,1H3. The molecule has 1 aromatic carbocycles. The third kappa shape index (κ3) is 3.11. The zero-order chi connectivity index (χ0) is 13.9. The lowest BCUT2D eigenvalue weighted by Crippen LogP contribution is -1.97. The van der Waals surface area contributed by atoms with Crippen LogP contribution in [0.25, 0.3) is 11.3 Å². The van der Waals surface area contributed by atoms with E-state index in [1.807, 2.05) is 6.92 Å². The van der Waals surface area contributed by atoms with Gasteiger partial charge in [0.2, 0.25) is 0 Å². The highest BCUT2D eigenvalue weighted by Crippen LogP contribution is 2.25. The molecule has 0 radical (unpaired) electrons. The van der Waals surface area contributed by atoms with Gasteiger partial charge < -0.3 is 5.32 Å². The second-order valence-electron chi connectivity index (χ2n) is 4.37. The Morgan fingerprint density at radius 3 is 2.55 bits per heavy atom. The maximum atomic E-state index is 4.50. The molecule has 0 fully saturated rings. The van der Waals surface area contributed by atoms with E-state index in [1.165, 1.54) is 9.35 Å². The van der Waals surface area contributed by atoms with Gasteiger partial charge in [0.15, 0.2) is 0 Å². The summed E-state index contributed by atoms with van der Waals surface area (Å²) in [6.45, 7) is 2.87. The van der Waals surface area contributed by atoms with Crippen LogP contribution >= 0.6 is 38.6 Å². The average Bonchev–Trinajstić information content (AvgIpc) is 3.06. The van der Waals surface area contributed by atoms with Crippen LogP contribution in [0, 0.1) is 6.92 Å². The summed E-state index contributed by atoms with van der Waals surface area (Å²) in [5.41, 5.74) is 3.35. The van der Waals surface area contributed by atoms with Gasteiger partial charge in [-0.05, 0) is 46.4 Å². The van der Waals surface area contributed by atoms with Crippen LogP contribution in [-0.4, -0.2) is 4.98 Å². The van der Waals surface area contributed by atoms with Crippen molar-refractivity contribution < 1.29 is 0 Å². The van der Waals surface area contributed by atoms with Gasteiger partial charge in [0.1, 0.15) is 0 Å². The number of nitrogens with zero attached hydrogens (tertiary/aromatic N) is 1. The van der Waals surface area contributed by atoms with Gasteiger partial charge in [-0.3, -0.25) is 0 Å². The van der Waals surface area contributed by atoms with E-state index in [0.29, 0.717) is 0 Å². The topological polar surface area (TPSA) is 24.9 Å². The van der Waals surface area contributed by atoms with Crippen molar-refractivity contribution in [2.24, 2.45) is 0 Å². The van der Waals surface area contributed by atoms with E-state index >= 15 is 0 Å². The minimum atomic E-state index is 0.841. The molecule has 0 unspecified atom stereocenters. The van der Waals surface area contributed by atoms with Crippen LogP contribution in [0.3, 0.4) is 0 Å². The monoisotopic (exact) mass is 364 g/mol. The van der Waals surface area contributed by atoms with Gasteiger partial charge in [0.25, 0.3) is 0 Å². The molecule has 2 aromatic heterocycles. The van der Waals surface area contributed by atoms with Crippen molar-refractivity contribution in [1.82, 2.24) is 4.98 Å². The Kier molecular flexibility index (Phi) is 4.19. The lowest BCUT2D eigenvalue weighted by molar-refractivity contribution is 1.18. The molecule has 0 bridgehead atoms. The molecule has 0 saturated heterocycles. The summed E-state index contributed by atoms with van der Waals surface area (Å²) >= 11 is 6.98. The summed E-state index contributed by atoms with van der Waals surface area (Å²) in [7, 11) is 0. The quantitative estimate of drug-likeness (QED) is 0.655. The number of halogens is 1. The number of aromatic nitrogens is 1. The fourth-order valence-corrected chi connectivity index (χ4v) is 3.94. The average molecular weight is 365 g/mol. The van der Waals surface area contributed by atoms with Gasteiger partial charge in [-0.25, -0.2) is 4.98 Å². The number of aryl methyl sites for hydroxylation is 1. The van der Waals surface area contributed by atoms with Gasteiger partial charge in [-0.15, -0.1) is 22.7 Å². The van der Waals surface area contributed by atoms with Crippen LogP contribution < -0.4 is 5.32 Å². The minimum absolute atomic E-state index is 0.841. The Hall–Kier alpha value is -1.17. The number of thiazole rings is 1. The number of anilines is 1. The first-order chi connectivity index (χ1) is 9.72. The molecule has 3 rings (SSSR count). The highest BCUT2D eigenvalue weighted by Gasteiger charge is 2.03. The zero-order valence-corrected chi connectivity index (χ0v) is 14.1. The first kappa shape index (κ1) is 13.8. The first-order valence-electron chi connectivity index (χ1n) is 6.21. The van der Waals surface area contributed by atoms with Crippen molar-refractivity contribution in [3.05, 3.63) is 55.4 Å². The predicted octanol–water partition coefficient (Wildman–Crippen LogP) is 5.55. The minimum Gasteiger partial charge on any atom is -0.380 e. The lowest BCUT2D eigenvalue weighted by atomic mass is 10.1. The molecule has 0 spiro atoms. The molecule has 5 heteroatoms. The SMILES string of the molecule is Cc1nc(-c2ccc(NCc3sccc3Br)cc2)cs1. The summed E-state index contributed by atoms with van der Waals surface area (Å²) < 4.78 is 1.17. The van der Waals surface area contributed by atoms with Crippen LogP contribution in [0.4, 0.5) is 5.69 Å². The Balaban J connectivity index is 1.69. The molecule has 102 valence electrons. The number of hydrogen-bond acceptors (Lipinski definition) is 4. The molecule has 3 aromatic rings. The molecule has 0 aliphatic heterocycles. The van der Waals surface area contributed by atoms with Crippen LogP contribution in [0.5, 0.6) is 0 Å². The number of benzene rings is 1. The summed E-state index contributed by atoms with van der Waals surface area (Å²) in [6, 6.07) is 10.5. The van der Waals surface area contributed by atoms with Crippen molar-refractivity contribution in [3.8, 4) is 11.3 Å². The normalized spacial score (nSPS) is 10.7. The lowest BCUT2D eigenvalue weighted by Gasteiger charge is -2.06. The Labute approximate surface area is 134 Å². The number of thiophene rings is 1. The summed E-state index contributed by atoms with van der Waals surface area (Å²) in [5, 5.41) is 8.73. The second kappa shape index (κ2) is 6.08. The summed E-state index contributed by atoms with van der Waals surface area (Å²) in [6.07, 6.45) is 0. The molecule has 0 atom stereocenters. The van der Waals surface area contributed by atoms with Crippen LogP contribution in [0.15, 0.2) is 45.6 Å². The highest BCUT2D eigenvalue weighted by molar-refractivity contribution is 9.10. The molecular weight excluding hydrogens is 352 g/mol. The highest BCUT2D eigenvalue weighted by atomic mass is 79.9. The van der Waals surface area contributed by atoms with Crippen LogP contribution in [0.1, 0.15) is 9.88 Å². The Bertz CT molecular complexity index is 701. The van der Waals surface area contributed by atoms with Gasteiger partial charge >= 0.3 is 0 Å². The molecule has 0 aliphatic carbocycles. The third-order valence-corrected chi connectivity index (χ3v) is 5.64. The second-order valence-corrected chi connectivity index (χ2v) is 7.29. The maximum Gasteiger partial charge on any atom is 0.0901 e. The van der Waals surface area contributed by atoms with Crippen molar-refractivity contribution in [1.29, 1.82) is 0 Å². The van der Waals surface area contributed by atoms with E-state index in [9.17, 15) is 0 Å². The van der Waals surface area contributed by atoms with E-state index in [4.69, 9.17) is 0 Å². The van der Waals surface area contributed by atoms with E-state index in [0.717, 1.165) is 28.5 Å². The molecule has 2 heterocycles. The number of hydrogen-bond donors (Lipinski definition) is 1. The molecule has 1 N–H and O–H groups in total. The third-order valence-electron chi connectivity index (χ3n) is 2.94. The fourth-order valence-electron chi connectivity index (χ4n) is 1.89. The van der Waals surface area contributed by atoms with Crippen molar-refractivity contribution >= 4 is 44.3 Å². The Morgan fingerprint density at radius 1 is 1.15 bits per heavy atom. The van der Waals surface area contributed by atoms with E-state index in [-0.39, 0.29) is 0 Å². The number of rotatable bonds is 4. The predicted molar refractivity (Wildman–Crippen MR) is 91.6 cm³/mol. The van der Waals surface area contributed by atoms with Gasteiger partial charge in [-0.1, -0.05) is 12.1 Å². The van der Waals surface area contributed by atoms with Crippen LogP contribution in [0.2, 0.25) is 0 Å². The van der Waals surface area contributed by atoms with E-state index < -0.39 is 0 Å². The van der Waals surface area contributed by atoms with E-state index in [1.54, 1.807) is 22.7 Å². The van der Waals surface area contributed by atoms with Crippen LogP contribution in [-0.2, 0) is 6.54 Å². The number of nitrogens with one attached hydrogen (secondary N) is 1. The van der Waals surface area contributed by atoms with Gasteiger partial charge in [-0.2, -0.15) is 0 Å². The zero-order valence-electron chi connectivity index (χ0n) is 10.9. The van der Waals surface area contributed by atoms with Gasteiger partial charge in [0, 0.05) is 26.0 Å². The first-order valence-corrected chi connectivity index (χ1v) is 8.76. The molecular formula is C15H13BrN2S2. The molecule has 2 nitrogen and oxygen atoms in total. The molecule has 20 heavy (non-hydrogen) atoms. The smallest absolute Gasteiger partial charge is 0.0901 e. The fraction of sp³-hybridized carbons (Fsp3) is 0.133. The van der Waals surface area contributed by atoms with Crippen molar-refractivity contribution in [2.45, 2.75) is 13.5 Å². The molecule has 0 amide bonds. The Morgan fingerprint density at radius 2 is 1.95 bits per heavy atom. The van der Waals surface area contributed by atoms with Crippen molar-refractivity contribution in [2.75, 3.05) is 5.32 Å². The van der Waals surface area contributed by atoms with Crippen molar-refractivity contribution in [3.63, 3.8) is 0 Å². The maximum absolute atomic E-state index is 4.50.